The monoisotopic (exact) mass is 577 g/mol. The number of alkyl halides is 6. The summed E-state index contributed by atoms with van der Waals surface area (Å²) in [6.45, 7) is 6.53. The molecule has 0 spiro atoms. The molecule has 2 aromatic rings. The number of benzene rings is 1. The van der Waals surface area contributed by atoms with Crippen molar-refractivity contribution in [2.45, 2.75) is 64.3 Å². The lowest BCUT2D eigenvalue weighted by atomic mass is 9.99. The highest BCUT2D eigenvalue weighted by Crippen LogP contribution is 2.38. The molecule has 39 heavy (non-hydrogen) atoms. The average Bonchev–Trinajstić information content (AvgIpc) is 3.29. The summed E-state index contributed by atoms with van der Waals surface area (Å²) in [7, 11) is 0. The third-order valence-corrected chi connectivity index (χ3v) is 7.26. The maximum atomic E-state index is 13.6. The van der Waals surface area contributed by atoms with Gasteiger partial charge in [-0.15, -0.1) is 0 Å². The van der Waals surface area contributed by atoms with Gasteiger partial charge < -0.3 is 14.2 Å². The number of ether oxygens (including phenoxy) is 1. The van der Waals surface area contributed by atoms with Crippen LogP contribution in [0.3, 0.4) is 0 Å². The van der Waals surface area contributed by atoms with Crippen LogP contribution in [0.5, 0.6) is 0 Å². The number of nitrogens with zero attached hydrogens (tertiary/aromatic N) is 5. The van der Waals surface area contributed by atoms with Gasteiger partial charge in [-0.3, -0.25) is 4.79 Å². The van der Waals surface area contributed by atoms with E-state index in [1.807, 2.05) is 4.90 Å². The minimum Gasteiger partial charge on any atom is -0.364 e. The molecule has 3 heterocycles. The molecule has 1 saturated heterocycles. The Hall–Kier alpha value is -3.06. The number of hydrogen-bond donors (Lipinski definition) is 0. The van der Waals surface area contributed by atoms with E-state index in [-0.39, 0.29) is 29.6 Å². The van der Waals surface area contributed by atoms with Crippen LogP contribution in [0.1, 0.15) is 54.4 Å². The van der Waals surface area contributed by atoms with Crippen molar-refractivity contribution in [3.05, 3.63) is 63.3 Å². The Morgan fingerprint density at radius 3 is 2.56 bits per heavy atom. The standard InChI is InChI=1S/C25H26ClF6N5O2/c1-15(22(26)23(38)37(33-2)21-5-3-4-10-39-21)35-8-9-36-18(13-34-20(36)14-35)11-16-6-7-17(24(27,28)29)12-19(16)25(30,31)32/h6-7,12-13,21H,2-5,8-11,14H2,1H3/b22-15-. The Balaban J connectivity index is 1.53. The third kappa shape index (κ3) is 6.24. The van der Waals surface area contributed by atoms with Gasteiger partial charge in [0, 0.05) is 50.4 Å². The molecular formula is C25H26ClF6N5O2. The number of rotatable bonds is 6. The zero-order valence-corrected chi connectivity index (χ0v) is 21.7. The van der Waals surface area contributed by atoms with Gasteiger partial charge in [0.05, 0.1) is 17.7 Å². The number of hydrazone groups is 1. The van der Waals surface area contributed by atoms with Crippen molar-refractivity contribution in [2.24, 2.45) is 5.10 Å². The highest BCUT2D eigenvalue weighted by molar-refractivity contribution is 6.42. The number of carbonyl (C=O) groups excluding carboxylic acids is 1. The molecule has 7 nitrogen and oxygen atoms in total. The molecule has 4 rings (SSSR count). The fourth-order valence-corrected chi connectivity index (χ4v) is 4.92. The van der Waals surface area contributed by atoms with E-state index in [4.69, 9.17) is 16.3 Å². The molecule has 2 aliphatic rings. The number of aromatic nitrogens is 2. The van der Waals surface area contributed by atoms with Crippen molar-refractivity contribution >= 4 is 24.2 Å². The molecule has 1 atom stereocenters. The minimum atomic E-state index is -4.96. The molecular weight excluding hydrogens is 552 g/mol. The second-order valence-electron chi connectivity index (χ2n) is 9.29. The van der Waals surface area contributed by atoms with Crippen LogP contribution in [0.4, 0.5) is 26.3 Å². The highest BCUT2D eigenvalue weighted by atomic mass is 35.5. The summed E-state index contributed by atoms with van der Waals surface area (Å²) in [5, 5.41) is 4.84. The molecule has 1 aromatic heterocycles. The smallest absolute Gasteiger partial charge is 0.364 e. The van der Waals surface area contributed by atoms with Crippen molar-refractivity contribution in [2.75, 3.05) is 13.2 Å². The molecule has 0 N–H and O–H groups in total. The predicted molar refractivity (Wildman–Crippen MR) is 130 cm³/mol. The van der Waals surface area contributed by atoms with Gasteiger partial charge in [0.25, 0.3) is 5.91 Å². The maximum Gasteiger partial charge on any atom is 0.416 e. The Morgan fingerprint density at radius 1 is 1.21 bits per heavy atom. The Morgan fingerprint density at radius 2 is 1.95 bits per heavy atom. The van der Waals surface area contributed by atoms with Crippen molar-refractivity contribution in [1.82, 2.24) is 19.5 Å². The van der Waals surface area contributed by atoms with Crippen molar-refractivity contribution in [3.63, 3.8) is 0 Å². The topological polar surface area (TPSA) is 63.0 Å². The Labute approximate surface area is 225 Å². The van der Waals surface area contributed by atoms with Crippen LogP contribution in [0, 0.1) is 0 Å². The van der Waals surface area contributed by atoms with Crippen molar-refractivity contribution in [3.8, 4) is 0 Å². The minimum absolute atomic E-state index is 0.0728. The van der Waals surface area contributed by atoms with E-state index in [9.17, 15) is 31.1 Å². The normalized spacial score (nSPS) is 18.9. The number of carbonyl (C=O) groups is 1. The first kappa shape index (κ1) is 28.9. The summed E-state index contributed by atoms with van der Waals surface area (Å²) in [4.78, 5) is 19.1. The zero-order valence-electron chi connectivity index (χ0n) is 20.9. The highest BCUT2D eigenvalue weighted by Gasteiger charge is 2.38. The van der Waals surface area contributed by atoms with Gasteiger partial charge in [-0.2, -0.15) is 31.4 Å². The molecule has 1 aromatic carbocycles. The lowest BCUT2D eigenvalue weighted by Crippen LogP contribution is -2.41. The SMILES string of the molecule is C=NN(C(=O)/C(Cl)=C(\C)N1CCn2c(Cc3ccc(C(F)(F)F)cc3C(F)(F)F)cnc2C1)C1CCCCO1. The van der Waals surface area contributed by atoms with Gasteiger partial charge in [-0.1, -0.05) is 17.7 Å². The van der Waals surface area contributed by atoms with E-state index in [1.165, 1.54) is 6.20 Å². The summed E-state index contributed by atoms with van der Waals surface area (Å²) < 4.78 is 87.2. The van der Waals surface area contributed by atoms with Gasteiger partial charge in [-0.25, -0.2) is 9.99 Å². The van der Waals surface area contributed by atoms with E-state index in [2.05, 4.69) is 16.8 Å². The Kier molecular flexibility index (Phi) is 8.31. The molecule has 1 unspecified atom stereocenters. The average molecular weight is 578 g/mol. The quantitative estimate of drug-likeness (QED) is 0.189. The lowest BCUT2D eigenvalue weighted by molar-refractivity contribution is -0.146. The predicted octanol–water partition coefficient (Wildman–Crippen LogP) is 5.77. The van der Waals surface area contributed by atoms with Crippen LogP contribution >= 0.6 is 11.6 Å². The number of imidazole rings is 1. The second-order valence-corrected chi connectivity index (χ2v) is 9.67. The van der Waals surface area contributed by atoms with E-state index in [1.54, 1.807) is 11.5 Å². The molecule has 14 heteroatoms. The number of allylic oxidation sites excluding steroid dienone is 1. The van der Waals surface area contributed by atoms with Gasteiger partial charge in [-0.05, 0) is 43.9 Å². The first-order valence-corrected chi connectivity index (χ1v) is 12.5. The first-order valence-electron chi connectivity index (χ1n) is 12.1. The summed E-state index contributed by atoms with van der Waals surface area (Å²) in [6, 6.07) is 1.64. The number of halogens is 7. The van der Waals surface area contributed by atoms with Crippen LogP contribution < -0.4 is 0 Å². The van der Waals surface area contributed by atoms with Crippen molar-refractivity contribution < 1.29 is 35.9 Å². The molecule has 0 aliphatic carbocycles. The van der Waals surface area contributed by atoms with Gasteiger partial charge >= 0.3 is 12.4 Å². The zero-order chi connectivity index (χ0) is 28.5. The third-order valence-electron chi connectivity index (χ3n) is 6.83. The molecule has 0 radical (unpaired) electrons. The summed E-state index contributed by atoms with van der Waals surface area (Å²) >= 11 is 6.44. The number of fused-ring (bicyclic) bond motifs is 1. The van der Waals surface area contributed by atoms with E-state index in [0.717, 1.165) is 23.9 Å². The maximum absolute atomic E-state index is 13.6. The van der Waals surface area contributed by atoms with Gasteiger partial charge in [0.2, 0.25) is 0 Å². The molecule has 1 fully saturated rings. The molecule has 1 amide bonds. The second kappa shape index (κ2) is 11.2. The van der Waals surface area contributed by atoms with Crippen LogP contribution in [0.2, 0.25) is 0 Å². The van der Waals surface area contributed by atoms with Crippen molar-refractivity contribution in [1.29, 1.82) is 0 Å². The van der Waals surface area contributed by atoms with Gasteiger partial charge in [0.1, 0.15) is 10.9 Å². The van der Waals surface area contributed by atoms with E-state index < -0.39 is 35.6 Å². The van der Waals surface area contributed by atoms with Crippen LogP contribution in [-0.4, -0.2) is 51.5 Å². The summed E-state index contributed by atoms with van der Waals surface area (Å²) in [5.74, 6) is -0.0463. The first-order chi connectivity index (χ1) is 18.3. The van der Waals surface area contributed by atoms with E-state index in [0.29, 0.717) is 49.4 Å². The fraction of sp³-hybridized carbons (Fsp3) is 0.480. The largest absolute Gasteiger partial charge is 0.416 e. The lowest BCUT2D eigenvalue weighted by Gasteiger charge is -2.33. The molecule has 0 saturated carbocycles. The summed E-state index contributed by atoms with van der Waals surface area (Å²) in [6.07, 6.45) is -6.89. The molecule has 2 aliphatic heterocycles. The van der Waals surface area contributed by atoms with Crippen LogP contribution in [-0.2, 0) is 41.4 Å². The number of hydrogen-bond acceptors (Lipinski definition) is 5. The molecule has 0 bridgehead atoms. The molecule has 212 valence electrons. The van der Waals surface area contributed by atoms with Crippen LogP contribution in [0.25, 0.3) is 0 Å². The Bertz CT molecular complexity index is 1270. The van der Waals surface area contributed by atoms with Crippen LogP contribution in [0.15, 0.2) is 40.2 Å². The summed E-state index contributed by atoms with van der Waals surface area (Å²) in [5.41, 5.74) is -2.10. The fourth-order valence-electron chi connectivity index (χ4n) is 4.71. The van der Waals surface area contributed by atoms with Gasteiger partial charge in [0.15, 0.2) is 6.23 Å². The number of amides is 1. The van der Waals surface area contributed by atoms with E-state index >= 15 is 0 Å².